The van der Waals surface area contributed by atoms with Gasteiger partial charge in [0.05, 0.1) is 6.42 Å². The van der Waals surface area contributed by atoms with E-state index in [0.717, 1.165) is 26.9 Å². The monoisotopic (exact) mass is 415 g/mol. The van der Waals surface area contributed by atoms with Crippen LogP contribution in [0.5, 0.6) is 0 Å². The normalized spacial score (nSPS) is 11.7. The number of hydrogen-bond acceptors (Lipinski definition) is 3. The summed E-state index contributed by atoms with van der Waals surface area (Å²) in [7, 11) is 0. The van der Waals surface area contributed by atoms with Crippen LogP contribution in [-0.4, -0.2) is 16.8 Å². The van der Waals surface area contributed by atoms with Crippen LogP contribution in [0.1, 0.15) is 16.4 Å². The molecule has 0 fully saturated rings. The summed E-state index contributed by atoms with van der Waals surface area (Å²) in [6, 6.07) is 27.1. The van der Waals surface area contributed by atoms with Crippen molar-refractivity contribution in [3.05, 3.63) is 102 Å². The number of para-hydroxylation sites is 1. The third-order valence-electron chi connectivity index (χ3n) is 4.69. The molecule has 0 saturated carbocycles. The van der Waals surface area contributed by atoms with Gasteiger partial charge in [0.2, 0.25) is 5.91 Å². The van der Waals surface area contributed by atoms with Gasteiger partial charge in [-0.05, 0) is 29.3 Å². The van der Waals surface area contributed by atoms with E-state index in [4.69, 9.17) is 0 Å². The highest BCUT2D eigenvalue weighted by atomic mass is 32.2. The summed E-state index contributed by atoms with van der Waals surface area (Å²) < 4.78 is 0. The molecule has 0 aliphatic heterocycles. The Morgan fingerprint density at radius 1 is 0.833 bits per heavy atom. The van der Waals surface area contributed by atoms with E-state index in [9.17, 15) is 9.59 Å². The number of aromatic amines is 1. The van der Waals surface area contributed by atoms with Crippen molar-refractivity contribution in [2.24, 2.45) is 0 Å². The lowest BCUT2D eigenvalue weighted by Crippen LogP contribution is -2.44. The van der Waals surface area contributed by atoms with Crippen LogP contribution in [0.2, 0.25) is 0 Å². The molecule has 150 valence electrons. The number of hydrogen-bond donors (Lipinski definition) is 3. The number of benzene rings is 3. The van der Waals surface area contributed by atoms with Gasteiger partial charge in [-0.2, -0.15) is 0 Å². The molecule has 30 heavy (non-hydrogen) atoms. The number of nitrogens with one attached hydrogen (secondary N) is 3. The average molecular weight is 416 g/mol. The van der Waals surface area contributed by atoms with Crippen LogP contribution in [-0.2, 0) is 16.0 Å². The zero-order chi connectivity index (χ0) is 20.8. The first-order chi connectivity index (χ1) is 14.7. The number of carbonyl (C=O) groups is 2. The summed E-state index contributed by atoms with van der Waals surface area (Å²) >= 11 is 1.44. The van der Waals surface area contributed by atoms with Gasteiger partial charge in [-0.15, -0.1) is 11.8 Å². The molecule has 0 aliphatic carbocycles. The Balaban J connectivity index is 1.42. The van der Waals surface area contributed by atoms with Gasteiger partial charge in [0, 0.05) is 22.0 Å². The van der Waals surface area contributed by atoms with Gasteiger partial charge in [0.25, 0.3) is 5.91 Å². The third-order valence-corrected chi connectivity index (χ3v) is 5.95. The van der Waals surface area contributed by atoms with Gasteiger partial charge >= 0.3 is 0 Å². The molecule has 0 saturated heterocycles. The number of thioether (sulfide) groups is 1. The molecule has 1 heterocycles. The quantitative estimate of drug-likeness (QED) is 0.323. The second-order valence-corrected chi connectivity index (χ2v) is 7.97. The van der Waals surface area contributed by atoms with Crippen LogP contribution in [0, 0.1) is 0 Å². The number of carbonyl (C=O) groups excluding carboxylic acids is 2. The maximum atomic E-state index is 12.9. The van der Waals surface area contributed by atoms with Crippen molar-refractivity contribution < 1.29 is 9.59 Å². The Labute approximate surface area is 178 Å². The lowest BCUT2D eigenvalue weighted by atomic mass is 10.1. The summed E-state index contributed by atoms with van der Waals surface area (Å²) in [5.41, 5.74) is 7.88. The number of hydrazine groups is 1. The Morgan fingerprint density at radius 3 is 2.27 bits per heavy atom. The highest BCUT2D eigenvalue weighted by Gasteiger charge is 2.22. The van der Waals surface area contributed by atoms with E-state index in [0.29, 0.717) is 0 Å². The van der Waals surface area contributed by atoms with E-state index in [-0.39, 0.29) is 18.2 Å². The van der Waals surface area contributed by atoms with E-state index < -0.39 is 5.25 Å². The molecule has 0 bridgehead atoms. The van der Waals surface area contributed by atoms with Gasteiger partial charge in [-0.25, -0.2) is 0 Å². The van der Waals surface area contributed by atoms with Crippen LogP contribution in [0.4, 0.5) is 0 Å². The molecule has 1 atom stereocenters. The summed E-state index contributed by atoms with van der Waals surface area (Å²) in [6.07, 6.45) is 2.00. The summed E-state index contributed by atoms with van der Waals surface area (Å²) in [5, 5.41) is 0.516. The van der Waals surface area contributed by atoms with E-state index >= 15 is 0 Å². The summed E-state index contributed by atoms with van der Waals surface area (Å²) in [4.78, 5) is 29.5. The zero-order valence-corrected chi connectivity index (χ0v) is 17.0. The Kier molecular flexibility index (Phi) is 6.15. The Hall–Kier alpha value is -3.51. The van der Waals surface area contributed by atoms with E-state index in [1.54, 1.807) is 0 Å². The molecule has 2 amide bonds. The number of rotatable bonds is 6. The fraction of sp³-hybridized carbons (Fsp3) is 0.0833. The van der Waals surface area contributed by atoms with Gasteiger partial charge in [-0.3, -0.25) is 20.4 Å². The Morgan fingerprint density at radius 2 is 1.50 bits per heavy atom. The summed E-state index contributed by atoms with van der Waals surface area (Å²) in [5.74, 6) is -0.549. The molecule has 6 heteroatoms. The van der Waals surface area contributed by atoms with E-state index in [2.05, 4.69) is 15.8 Å². The molecule has 3 N–H and O–H groups in total. The molecular formula is C24H21N3O2S. The standard InChI is InChI=1S/C24H21N3O2S/c28-22(15-18-16-25-21-14-8-7-13-20(18)21)26-27-24(29)23(17-9-3-1-4-10-17)30-19-11-5-2-6-12-19/h1-14,16,23,25H,15H2,(H,26,28)(H,27,29)/t23-/m1/s1. The second kappa shape index (κ2) is 9.33. The molecule has 0 radical (unpaired) electrons. The van der Waals surface area contributed by atoms with Crippen LogP contribution < -0.4 is 10.9 Å². The number of amides is 2. The molecule has 4 aromatic rings. The Bertz CT molecular complexity index is 1140. The fourth-order valence-electron chi connectivity index (χ4n) is 3.23. The lowest BCUT2D eigenvalue weighted by molar-refractivity contribution is -0.128. The minimum atomic E-state index is -0.484. The number of aromatic nitrogens is 1. The maximum Gasteiger partial charge on any atom is 0.256 e. The molecular weight excluding hydrogens is 394 g/mol. The largest absolute Gasteiger partial charge is 0.361 e. The maximum absolute atomic E-state index is 12.9. The van der Waals surface area contributed by atoms with Crippen LogP contribution in [0.3, 0.4) is 0 Å². The second-order valence-electron chi connectivity index (χ2n) is 6.80. The first-order valence-electron chi connectivity index (χ1n) is 9.61. The predicted molar refractivity (Wildman–Crippen MR) is 120 cm³/mol. The highest BCUT2D eigenvalue weighted by Crippen LogP contribution is 2.35. The van der Waals surface area contributed by atoms with Crippen LogP contribution in [0.15, 0.2) is 96.0 Å². The summed E-state index contributed by atoms with van der Waals surface area (Å²) in [6.45, 7) is 0. The molecule has 5 nitrogen and oxygen atoms in total. The van der Waals surface area contributed by atoms with Crippen molar-refractivity contribution in [1.82, 2.24) is 15.8 Å². The first kappa shape index (κ1) is 19.8. The SMILES string of the molecule is O=C(Cc1c[nH]c2ccccc12)NNC(=O)[C@H](Sc1ccccc1)c1ccccc1. The molecule has 4 rings (SSSR count). The molecule has 0 aliphatic rings. The topological polar surface area (TPSA) is 74.0 Å². The van der Waals surface area contributed by atoms with Crippen molar-refractivity contribution in [3.63, 3.8) is 0 Å². The minimum Gasteiger partial charge on any atom is -0.361 e. The highest BCUT2D eigenvalue weighted by molar-refractivity contribution is 8.00. The van der Waals surface area contributed by atoms with Crippen molar-refractivity contribution in [2.45, 2.75) is 16.6 Å². The predicted octanol–water partition coefficient (Wildman–Crippen LogP) is 4.39. The first-order valence-corrected chi connectivity index (χ1v) is 10.5. The van der Waals surface area contributed by atoms with Crippen molar-refractivity contribution in [2.75, 3.05) is 0 Å². The number of H-pyrrole nitrogens is 1. The van der Waals surface area contributed by atoms with Crippen LogP contribution in [0.25, 0.3) is 10.9 Å². The van der Waals surface area contributed by atoms with Crippen LogP contribution >= 0.6 is 11.8 Å². The van der Waals surface area contributed by atoms with Gasteiger partial charge in [-0.1, -0.05) is 66.7 Å². The smallest absolute Gasteiger partial charge is 0.256 e. The van der Waals surface area contributed by atoms with E-state index in [1.807, 2.05) is 91.1 Å². The fourth-order valence-corrected chi connectivity index (χ4v) is 4.27. The molecule has 0 spiro atoms. The molecule has 0 unspecified atom stereocenters. The van der Waals surface area contributed by atoms with Crippen molar-refractivity contribution >= 4 is 34.5 Å². The van der Waals surface area contributed by atoms with Gasteiger partial charge in [0.15, 0.2) is 0 Å². The van der Waals surface area contributed by atoms with E-state index in [1.165, 1.54) is 11.8 Å². The van der Waals surface area contributed by atoms with Gasteiger partial charge in [0.1, 0.15) is 5.25 Å². The third kappa shape index (κ3) is 4.72. The lowest BCUT2D eigenvalue weighted by Gasteiger charge is -2.17. The number of fused-ring (bicyclic) bond motifs is 1. The van der Waals surface area contributed by atoms with Crippen molar-refractivity contribution in [1.29, 1.82) is 0 Å². The zero-order valence-electron chi connectivity index (χ0n) is 16.2. The van der Waals surface area contributed by atoms with Crippen molar-refractivity contribution in [3.8, 4) is 0 Å². The van der Waals surface area contributed by atoms with Gasteiger partial charge < -0.3 is 4.98 Å². The minimum absolute atomic E-state index is 0.173. The molecule has 3 aromatic carbocycles. The average Bonchev–Trinajstić information content (AvgIpc) is 3.20. The molecule has 1 aromatic heterocycles.